The smallest absolute Gasteiger partial charge is 0.351 e. The van der Waals surface area contributed by atoms with Crippen LogP contribution in [-0.2, 0) is 11.7 Å². The summed E-state index contributed by atoms with van der Waals surface area (Å²) in [5.41, 5.74) is -0.701. The van der Waals surface area contributed by atoms with Gasteiger partial charge in [0.25, 0.3) is 11.5 Å². The fraction of sp³-hybridized carbons (Fsp3) is 0.429. The summed E-state index contributed by atoms with van der Waals surface area (Å²) in [6, 6.07) is 3.45. The second-order valence-electron chi connectivity index (χ2n) is 8.56. The van der Waals surface area contributed by atoms with Gasteiger partial charge in [0, 0.05) is 49.8 Å². The topological polar surface area (TPSA) is 97.8 Å². The lowest BCUT2D eigenvalue weighted by atomic mass is 10.1. The van der Waals surface area contributed by atoms with Crippen LogP contribution in [0, 0.1) is 6.57 Å². The number of nitrogens with zero attached hydrogens (tertiary/aromatic N) is 7. The second-order valence-corrected chi connectivity index (χ2v) is 8.56. The van der Waals surface area contributed by atoms with Crippen molar-refractivity contribution in [1.82, 2.24) is 29.7 Å². The van der Waals surface area contributed by atoms with Crippen LogP contribution >= 0.6 is 0 Å². The SMILES string of the molecule is [C-]#[N+]C1(c2cc(Nc3nc(NC4CCC(F)(F)C4)nc(-n4ccc(C(F)(F)F)n4)n3)ccn2)CC1. The van der Waals surface area contributed by atoms with Crippen molar-refractivity contribution >= 4 is 17.6 Å². The number of anilines is 3. The van der Waals surface area contributed by atoms with Crippen molar-refractivity contribution in [3.63, 3.8) is 0 Å². The first kappa shape index (κ1) is 22.9. The molecule has 3 aromatic rings. The third-order valence-electron chi connectivity index (χ3n) is 5.88. The molecular weight excluding hydrogens is 473 g/mol. The van der Waals surface area contributed by atoms with E-state index in [0.717, 1.165) is 16.9 Å². The van der Waals surface area contributed by atoms with Gasteiger partial charge in [-0.05, 0) is 24.6 Å². The number of aromatic nitrogens is 6. The van der Waals surface area contributed by atoms with Gasteiger partial charge in [-0.3, -0.25) is 4.98 Å². The summed E-state index contributed by atoms with van der Waals surface area (Å²) >= 11 is 0. The Labute approximate surface area is 195 Å². The van der Waals surface area contributed by atoms with Gasteiger partial charge < -0.3 is 15.5 Å². The van der Waals surface area contributed by atoms with Gasteiger partial charge in [-0.15, -0.1) is 0 Å². The largest absolute Gasteiger partial charge is 0.435 e. The molecule has 3 heterocycles. The first-order chi connectivity index (χ1) is 16.6. The maximum absolute atomic E-state index is 13.6. The minimum atomic E-state index is -4.66. The van der Waals surface area contributed by atoms with Gasteiger partial charge >= 0.3 is 6.18 Å². The Morgan fingerprint density at radius 2 is 1.86 bits per heavy atom. The van der Waals surface area contributed by atoms with E-state index in [1.54, 1.807) is 12.1 Å². The summed E-state index contributed by atoms with van der Waals surface area (Å²) in [5, 5.41) is 9.25. The highest BCUT2D eigenvalue weighted by Crippen LogP contribution is 2.49. The summed E-state index contributed by atoms with van der Waals surface area (Å²) in [6.45, 7) is 7.41. The highest BCUT2D eigenvalue weighted by molar-refractivity contribution is 5.56. The van der Waals surface area contributed by atoms with E-state index in [0.29, 0.717) is 24.2 Å². The molecular formula is C21H18F5N9. The fourth-order valence-electron chi connectivity index (χ4n) is 3.87. The van der Waals surface area contributed by atoms with Gasteiger partial charge in [-0.2, -0.15) is 33.2 Å². The Bertz CT molecular complexity index is 1290. The van der Waals surface area contributed by atoms with Crippen molar-refractivity contribution in [2.75, 3.05) is 10.6 Å². The number of pyridine rings is 1. The Morgan fingerprint density at radius 1 is 1.09 bits per heavy atom. The molecule has 0 spiro atoms. The molecule has 0 amide bonds. The number of hydrogen-bond acceptors (Lipinski definition) is 7. The molecule has 1 unspecified atom stereocenters. The first-order valence-corrected chi connectivity index (χ1v) is 10.7. The van der Waals surface area contributed by atoms with Gasteiger partial charge in [0.2, 0.25) is 17.8 Å². The number of nitrogens with one attached hydrogen (secondary N) is 2. The minimum Gasteiger partial charge on any atom is -0.351 e. The number of alkyl halides is 5. The van der Waals surface area contributed by atoms with Crippen molar-refractivity contribution in [2.45, 2.75) is 55.8 Å². The second kappa shape index (κ2) is 8.10. The molecule has 14 heteroatoms. The Balaban J connectivity index is 1.47. The molecule has 0 bridgehead atoms. The van der Waals surface area contributed by atoms with Crippen molar-refractivity contribution in [1.29, 1.82) is 0 Å². The molecule has 9 nitrogen and oxygen atoms in total. The van der Waals surface area contributed by atoms with Crippen LogP contribution in [0.2, 0.25) is 0 Å². The molecule has 3 aromatic heterocycles. The van der Waals surface area contributed by atoms with E-state index in [4.69, 9.17) is 6.57 Å². The molecule has 35 heavy (non-hydrogen) atoms. The van der Waals surface area contributed by atoms with Crippen molar-refractivity contribution in [3.05, 3.63) is 53.4 Å². The van der Waals surface area contributed by atoms with Crippen LogP contribution in [0.15, 0.2) is 30.6 Å². The van der Waals surface area contributed by atoms with E-state index in [-0.39, 0.29) is 30.7 Å². The molecule has 1 atom stereocenters. The lowest BCUT2D eigenvalue weighted by molar-refractivity contribution is -0.141. The maximum Gasteiger partial charge on any atom is 0.435 e. The maximum atomic E-state index is 13.6. The van der Waals surface area contributed by atoms with Gasteiger partial charge in [-0.1, -0.05) is 0 Å². The quantitative estimate of drug-likeness (QED) is 0.380. The normalized spacial score (nSPS) is 20.3. The number of halogens is 5. The van der Waals surface area contributed by atoms with Crippen molar-refractivity contribution < 1.29 is 22.0 Å². The summed E-state index contributed by atoms with van der Waals surface area (Å²) in [6.07, 6.45) is -1.21. The molecule has 2 fully saturated rings. The summed E-state index contributed by atoms with van der Waals surface area (Å²) < 4.78 is 67.2. The van der Waals surface area contributed by atoms with Crippen LogP contribution in [-0.4, -0.2) is 41.7 Å². The third-order valence-corrected chi connectivity index (χ3v) is 5.88. The van der Waals surface area contributed by atoms with E-state index < -0.39 is 35.8 Å². The molecule has 0 aromatic carbocycles. The van der Waals surface area contributed by atoms with Gasteiger partial charge in [0.05, 0.1) is 0 Å². The van der Waals surface area contributed by atoms with E-state index >= 15 is 0 Å². The minimum absolute atomic E-state index is 0.0453. The molecule has 2 N–H and O–H groups in total. The molecule has 0 radical (unpaired) electrons. The zero-order valence-corrected chi connectivity index (χ0v) is 18.0. The van der Waals surface area contributed by atoms with E-state index in [2.05, 4.69) is 40.5 Å². The summed E-state index contributed by atoms with van der Waals surface area (Å²) in [4.78, 5) is 20.4. The number of hydrogen-bond donors (Lipinski definition) is 2. The molecule has 0 aliphatic heterocycles. The van der Waals surface area contributed by atoms with E-state index in [1.807, 2.05) is 0 Å². The summed E-state index contributed by atoms with van der Waals surface area (Å²) in [7, 11) is 0. The average molecular weight is 491 g/mol. The predicted molar refractivity (Wildman–Crippen MR) is 113 cm³/mol. The lowest BCUT2D eigenvalue weighted by Gasteiger charge is -2.15. The molecule has 182 valence electrons. The average Bonchev–Trinajstić information content (AvgIpc) is 3.28. The van der Waals surface area contributed by atoms with Crippen molar-refractivity contribution in [3.8, 4) is 5.95 Å². The Morgan fingerprint density at radius 3 is 2.49 bits per heavy atom. The Kier molecular flexibility index (Phi) is 5.30. The van der Waals surface area contributed by atoms with Crippen LogP contribution in [0.1, 0.15) is 43.5 Å². The lowest BCUT2D eigenvalue weighted by Crippen LogP contribution is -2.21. The number of rotatable bonds is 6. The van der Waals surface area contributed by atoms with E-state index in [1.165, 1.54) is 6.20 Å². The van der Waals surface area contributed by atoms with Crippen LogP contribution in [0.3, 0.4) is 0 Å². The Hall–Kier alpha value is -3.89. The van der Waals surface area contributed by atoms with E-state index in [9.17, 15) is 22.0 Å². The third kappa shape index (κ3) is 4.84. The van der Waals surface area contributed by atoms with Crippen molar-refractivity contribution in [2.24, 2.45) is 0 Å². The molecule has 2 aliphatic rings. The predicted octanol–water partition coefficient (Wildman–Crippen LogP) is 4.72. The zero-order chi connectivity index (χ0) is 24.8. The summed E-state index contributed by atoms with van der Waals surface area (Å²) in [5.74, 6) is -3.18. The van der Waals surface area contributed by atoms with Crippen LogP contribution in [0.25, 0.3) is 10.8 Å². The highest BCUT2D eigenvalue weighted by Gasteiger charge is 2.54. The molecule has 2 saturated carbocycles. The van der Waals surface area contributed by atoms with Crippen LogP contribution in [0.5, 0.6) is 0 Å². The zero-order valence-electron chi connectivity index (χ0n) is 18.0. The van der Waals surface area contributed by atoms with Gasteiger partial charge in [-0.25, -0.2) is 20.0 Å². The highest BCUT2D eigenvalue weighted by atomic mass is 19.4. The standard InChI is InChI=1S/C21H18F5N9/c1-27-19(6-7-19)15-10-12(3-8-28-15)29-16-31-17(30-13-2-5-20(22,23)11-13)33-18(32-16)35-9-4-14(34-35)21(24,25)26/h3-4,8-10,13H,2,5-7,11H2,(H2,28,29,30,31,32,33). The first-order valence-electron chi connectivity index (χ1n) is 10.7. The van der Waals surface area contributed by atoms with Crippen LogP contribution in [0.4, 0.5) is 39.5 Å². The molecule has 5 rings (SSSR count). The van der Waals surface area contributed by atoms with Crippen LogP contribution < -0.4 is 10.6 Å². The monoisotopic (exact) mass is 491 g/mol. The van der Waals surface area contributed by atoms with Gasteiger partial charge in [0.15, 0.2) is 5.69 Å². The fourth-order valence-corrected chi connectivity index (χ4v) is 3.87. The van der Waals surface area contributed by atoms with Gasteiger partial charge in [0.1, 0.15) is 5.69 Å². The molecule has 0 saturated heterocycles. The molecule has 2 aliphatic carbocycles.